The second-order valence-corrected chi connectivity index (χ2v) is 5.15. The molecule has 0 saturated heterocycles. The third-order valence-corrected chi connectivity index (χ3v) is 3.22. The molecule has 0 unspecified atom stereocenters. The fourth-order valence-electron chi connectivity index (χ4n) is 1.69. The lowest BCUT2D eigenvalue weighted by molar-refractivity contribution is 0.101. The van der Waals surface area contributed by atoms with Crippen LogP contribution in [0.2, 0.25) is 5.02 Å². The summed E-state index contributed by atoms with van der Waals surface area (Å²) in [4.78, 5) is 11.6. The Hall–Kier alpha value is -1.22. The van der Waals surface area contributed by atoms with Crippen LogP contribution in [0, 0.1) is 0 Å². The smallest absolute Gasteiger partial charge is 0.163 e. The Morgan fingerprint density at radius 2 is 1.60 bits per heavy atom. The van der Waals surface area contributed by atoms with E-state index < -0.39 is 0 Å². The van der Waals surface area contributed by atoms with E-state index in [0.717, 1.165) is 25.7 Å². The average molecular weight is 299 g/mol. The number of hydrogen-bond acceptors (Lipinski definition) is 3. The maximum atomic E-state index is 11.6. The summed E-state index contributed by atoms with van der Waals surface area (Å²) in [7, 11) is 0. The van der Waals surface area contributed by atoms with Gasteiger partial charge in [-0.3, -0.25) is 4.79 Å². The Balaban J connectivity index is 2.91. The van der Waals surface area contributed by atoms with Crippen molar-refractivity contribution < 1.29 is 14.3 Å². The number of Topliss-reactive ketones (excluding diaryl/α,β-unsaturated/α-hetero) is 1. The molecule has 0 atom stereocenters. The number of carbonyl (C=O) groups is 1. The van der Waals surface area contributed by atoms with Gasteiger partial charge in [-0.05, 0) is 25.8 Å². The number of carbonyl (C=O) groups excluding carboxylic acids is 1. The molecule has 112 valence electrons. The van der Waals surface area contributed by atoms with E-state index in [-0.39, 0.29) is 5.78 Å². The fourth-order valence-corrected chi connectivity index (χ4v) is 1.91. The van der Waals surface area contributed by atoms with Crippen molar-refractivity contribution in [1.29, 1.82) is 0 Å². The second kappa shape index (κ2) is 8.85. The van der Waals surface area contributed by atoms with Crippen LogP contribution in [0.3, 0.4) is 0 Å². The van der Waals surface area contributed by atoms with Crippen LogP contribution in [0.4, 0.5) is 0 Å². The Morgan fingerprint density at radius 3 is 2.10 bits per heavy atom. The number of ketones is 1. The van der Waals surface area contributed by atoms with Gasteiger partial charge < -0.3 is 9.47 Å². The summed E-state index contributed by atoms with van der Waals surface area (Å²) in [5.41, 5.74) is 0.508. The molecule has 0 heterocycles. The molecule has 4 heteroatoms. The van der Waals surface area contributed by atoms with Crippen LogP contribution in [0.25, 0.3) is 0 Å². The summed E-state index contributed by atoms with van der Waals surface area (Å²) < 4.78 is 11.3. The molecule has 0 fully saturated rings. The summed E-state index contributed by atoms with van der Waals surface area (Å²) in [5.74, 6) is 1.08. The van der Waals surface area contributed by atoms with Crippen LogP contribution in [0.1, 0.15) is 56.8 Å². The molecule has 0 aromatic heterocycles. The predicted molar refractivity (Wildman–Crippen MR) is 82.3 cm³/mol. The van der Waals surface area contributed by atoms with Crippen LogP contribution >= 0.6 is 11.6 Å². The summed E-state index contributed by atoms with van der Waals surface area (Å²) in [6.07, 6.45) is 4.02. The fraction of sp³-hybridized carbons (Fsp3) is 0.562. The van der Waals surface area contributed by atoms with Crippen molar-refractivity contribution in [2.45, 2.75) is 46.5 Å². The van der Waals surface area contributed by atoms with Gasteiger partial charge in [-0.15, -0.1) is 0 Å². The molecule has 0 saturated carbocycles. The highest BCUT2D eigenvalue weighted by atomic mass is 35.5. The highest BCUT2D eigenvalue weighted by Gasteiger charge is 2.14. The Morgan fingerprint density at radius 1 is 1.05 bits per heavy atom. The van der Waals surface area contributed by atoms with Crippen molar-refractivity contribution in [3.05, 3.63) is 22.7 Å². The molecule has 0 aliphatic rings. The zero-order valence-electron chi connectivity index (χ0n) is 12.5. The van der Waals surface area contributed by atoms with Gasteiger partial charge in [-0.25, -0.2) is 0 Å². The first-order valence-corrected chi connectivity index (χ1v) is 7.58. The highest BCUT2D eigenvalue weighted by Crippen LogP contribution is 2.33. The van der Waals surface area contributed by atoms with E-state index in [0.29, 0.717) is 35.3 Å². The van der Waals surface area contributed by atoms with Crippen molar-refractivity contribution in [1.82, 2.24) is 0 Å². The SMILES string of the molecule is CCCCOc1cc(OCCCC)c(C(C)=O)cc1Cl. The average Bonchev–Trinajstić information content (AvgIpc) is 2.41. The molecule has 3 nitrogen and oxygen atoms in total. The molecular formula is C16H23ClO3. The van der Waals surface area contributed by atoms with Gasteiger partial charge >= 0.3 is 0 Å². The zero-order valence-corrected chi connectivity index (χ0v) is 13.3. The highest BCUT2D eigenvalue weighted by molar-refractivity contribution is 6.32. The quantitative estimate of drug-likeness (QED) is 0.480. The lowest BCUT2D eigenvalue weighted by Gasteiger charge is -2.14. The summed E-state index contributed by atoms with van der Waals surface area (Å²) in [6, 6.07) is 3.36. The third-order valence-electron chi connectivity index (χ3n) is 2.92. The van der Waals surface area contributed by atoms with E-state index in [2.05, 4.69) is 13.8 Å². The molecule has 1 aromatic rings. The van der Waals surface area contributed by atoms with Gasteiger partial charge in [0.15, 0.2) is 5.78 Å². The lowest BCUT2D eigenvalue weighted by atomic mass is 10.1. The summed E-state index contributed by atoms with van der Waals surface area (Å²) in [5, 5.41) is 0.453. The van der Waals surface area contributed by atoms with E-state index in [1.54, 1.807) is 12.1 Å². The van der Waals surface area contributed by atoms with Crippen LogP contribution in [-0.2, 0) is 0 Å². The first kappa shape index (κ1) is 16.8. The van der Waals surface area contributed by atoms with E-state index in [4.69, 9.17) is 21.1 Å². The molecule has 1 aromatic carbocycles. The predicted octanol–water partition coefficient (Wildman–Crippen LogP) is 4.90. The van der Waals surface area contributed by atoms with Crippen molar-refractivity contribution in [3.8, 4) is 11.5 Å². The molecular weight excluding hydrogens is 276 g/mol. The minimum absolute atomic E-state index is 0.0569. The zero-order chi connectivity index (χ0) is 15.0. The maximum Gasteiger partial charge on any atom is 0.163 e. The largest absolute Gasteiger partial charge is 0.493 e. The van der Waals surface area contributed by atoms with Gasteiger partial charge in [0.25, 0.3) is 0 Å². The normalized spacial score (nSPS) is 10.4. The monoisotopic (exact) mass is 298 g/mol. The molecule has 20 heavy (non-hydrogen) atoms. The van der Waals surface area contributed by atoms with Crippen molar-refractivity contribution >= 4 is 17.4 Å². The molecule has 0 aliphatic carbocycles. The molecule has 0 aliphatic heterocycles. The van der Waals surface area contributed by atoms with E-state index in [1.807, 2.05) is 0 Å². The van der Waals surface area contributed by atoms with Crippen molar-refractivity contribution in [2.24, 2.45) is 0 Å². The van der Waals surface area contributed by atoms with Crippen LogP contribution in [0.5, 0.6) is 11.5 Å². The Kier molecular flexibility index (Phi) is 7.45. The lowest BCUT2D eigenvalue weighted by Crippen LogP contribution is -2.05. The van der Waals surface area contributed by atoms with Crippen LogP contribution < -0.4 is 9.47 Å². The maximum absolute atomic E-state index is 11.6. The minimum atomic E-state index is -0.0569. The number of benzene rings is 1. The molecule has 1 rings (SSSR count). The van der Waals surface area contributed by atoms with Gasteiger partial charge in [0.1, 0.15) is 11.5 Å². The topological polar surface area (TPSA) is 35.5 Å². The van der Waals surface area contributed by atoms with Gasteiger partial charge in [0, 0.05) is 6.07 Å². The van der Waals surface area contributed by atoms with E-state index in [9.17, 15) is 4.79 Å². The van der Waals surface area contributed by atoms with Crippen molar-refractivity contribution in [3.63, 3.8) is 0 Å². The third kappa shape index (κ3) is 5.04. The second-order valence-electron chi connectivity index (χ2n) is 4.74. The van der Waals surface area contributed by atoms with Gasteiger partial charge in [0.05, 0.1) is 23.8 Å². The van der Waals surface area contributed by atoms with Gasteiger partial charge in [0.2, 0.25) is 0 Å². The number of unbranched alkanes of at least 4 members (excludes halogenated alkanes) is 2. The van der Waals surface area contributed by atoms with E-state index >= 15 is 0 Å². The number of hydrogen-bond donors (Lipinski definition) is 0. The molecule has 0 bridgehead atoms. The van der Waals surface area contributed by atoms with Gasteiger partial charge in [-0.1, -0.05) is 38.3 Å². The van der Waals surface area contributed by atoms with Crippen LogP contribution in [0.15, 0.2) is 12.1 Å². The van der Waals surface area contributed by atoms with Gasteiger partial charge in [-0.2, -0.15) is 0 Å². The van der Waals surface area contributed by atoms with Crippen LogP contribution in [-0.4, -0.2) is 19.0 Å². The standard InChI is InChI=1S/C16H23ClO3/c1-4-6-8-19-15-11-16(20-9-7-5-2)14(17)10-13(15)12(3)18/h10-11H,4-9H2,1-3H3. The van der Waals surface area contributed by atoms with Crippen molar-refractivity contribution in [2.75, 3.05) is 13.2 Å². The first-order valence-electron chi connectivity index (χ1n) is 7.20. The van der Waals surface area contributed by atoms with E-state index in [1.165, 1.54) is 6.92 Å². The number of halogens is 1. The minimum Gasteiger partial charge on any atom is -0.493 e. The molecule has 0 spiro atoms. The number of rotatable bonds is 9. The summed E-state index contributed by atoms with van der Waals surface area (Å²) in [6.45, 7) is 6.91. The summed E-state index contributed by atoms with van der Waals surface area (Å²) >= 11 is 6.15. The number of ether oxygens (including phenoxy) is 2. The molecule has 0 amide bonds. The molecule has 0 N–H and O–H groups in total. The first-order chi connectivity index (χ1) is 9.60. The Bertz CT molecular complexity index is 444. The molecule has 0 radical (unpaired) electrons. The Labute approximate surface area is 126 Å².